The normalized spacial score (nSPS) is 13.3. The molecule has 20 heavy (non-hydrogen) atoms. The van der Waals surface area contributed by atoms with Crippen LogP contribution in [-0.4, -0.2) is 27.3 Å². The summed E-state index contributed by atoms with van der Waals surface area (Å²) in [6.07, 6.45) is 1.43. The van der Waals surface area contributed by atoms with Crippen molar-refractivity contribution < 1.29 is 12.8 Å². The molecule has 1 aromatic rings. The van der Waals surface area contributed by atoms with Gasteiger partial charge in [-0.15, -0.1) is 0 Å². The zero-order valence-electron chi connectivity index (χ0n) is 12.0. The Kier molecular flexibility index (Phi) is 7.12. The van der Waals surface area contributed by atoms with Crippen molar-refractivity contribution >= 4 is 10.0 Å². The van der Waals surface area contributed by atoms with Gasteiger partial charge < -0.3 is 5.32 Å². The van der Waals surface area contributed by atoms with Crippen molar-refractivity contribution in [1.82, 2.24) is 10.0 Å². The lowest BCUT2D eigenvalue weighted by Crippen LogP contribution is -2.29. The van der Waals surface area contributed by atoms with E-state index < -0.39 is 16.1 Å². The Morgan fingerprint density at radius 2 is 2.05 bits per heavy atom. The largest absolute Gasteiger partial charge is 0.317 e. The minimum atomic E-state index is -3.33. The first kappa shape index (κ1) is 17.1. The summed E-state index contributed by atoms with van der Waals surface area (Å²) >= 11 is 0. The van der Waals surface area contributed by atoms with Gasteiger partial charge in [0.1, 0.15) is 5.82 Å². The summed E-state index contributed by atoms with van der Waals surface area (Å²) in [4.78, 5) is 0. The van der Waals surface area contributed by atoms with E-state index in [1.807, 2.05) is 6.92 Å². The number of hydrogen-bond donors (Lipinski definition) is 2. The van der Waals surface area contributed by atoms with Crippen molar-refractivity contribution in [2.75, 3.05) is 18.8 Å². The standard InChI is InChI=1S/C14H23FN2O2S/c1-3-16-9-4-5-10-20(18,19)17-12(2)13-7-6-8-14(15)11-13/h6-8,11-12,16-17H,3-5,9-10H2,1-2H3. The van der Waals surface area contributed by atoms with Gasteiger partial charge in [0.2, 0.25) is 10.0 Å². The topological polar surface area (TPSA) is 58.2 Å². The van der Waals surface area contributed by atoms with Gasteiger partial charge >= 0.3 is 0 Å². The van der Waals surface area contributed by atoms with Crippen molar-refractivity contribution in [2.24, 2.45) is 0 Å². The van der Waals surface area contributed by atoms with Crippen LogP contribution in [0.3, 0.4) is 0 Å². The molecule has 1 atom stereocenters. The van der Waals surface area contributed by atoms with Crippen molar-refractivity contribution in [3.8, 4) is 0 Å². The molecule has 0 radical (unpaired) electrons. The molecule has 0 aliphatic rings. The van der Waals surface area contributed by atoms with Gasteiger partial charge in [-0.3, -0.25) is 0 Å². The van der Waals surface area contributed by atoms with Crippen LogP contribution in [0.2, 0.25) is 0 Å². The van der Waals surface area contributed by atoms with E-state index in [9.17, 15) is 12.8 Å². The highest BCUT2D eigenvalue weighted by Crippen LogP contribution is 2.14. The Hall–Kier alpha value is -0.980. The second-order valence-corrected chi connectivity index (χ2v) is 6.65. The van der Waals surface area contributed by atoms with Gasteiger partial charge in [0.25, 0.3) is 0 Å². The maximum atomic E-state index is 13.1. The second-order valence-electron chi connectivity index (χ2n) is 4.77. The Balaban J connectivity index is 2.45. The second kappa shape index (κ2) is 8.34. The van der Waals surface area contributed by atoms with Crippen LogP contribution in [0.25, 0.3) is 0 Å². The number of benzene rings is 1. The van der Waals surface area contributed by atoms with Crippen LogP contribution in [0.5, 0.6) is 0 Å². The molecule has 0 spiro atoms. The van der Waals surface area contributed by atoms with Crippen molar-refractivity contribution in [3.05, 3.63) is 35.6 Å². The molecule has 0 amide bonds. The van der Waals surface area contributed by atoms with Crippen molar-refractivity contribution in [3.63, 3.8) is 0 Å². The van der Waals surface area contributed by atoms with E-state index in [2.05, 4.69) is 10.0 Å². The number of halogens is 1. The van der Waals surface area contributed by atoms with Gasteiger partial charge in [0, 0.05) is 6.04 Å². The van der Waals surface area contributed by atoms with Crippen LogP contribution in [0, 0.1) is 5.82 Å². The van der Waals surface area contributed by atoms with E-state index in [0.717, 1.165) is 19.5 Å². The molecule has 0 aliphatic heterocycles. The summed E-state index contributed by atoms with van der Waals surface area (Å²) in [6.45, 7) is 5.44. The van der Waals surface area contributed by atoms with E-state index in [0.29, 0.717) is 12.0 Å². The Labute approximate surface area is 120 Å². The van der Waals surface area contributed by atoms with E-state index in [-0.39, 0.29) is 11.6 Å². The van der Waals surface area contributed by atoms with Crippen LogP contribution < -0.4 is 10.0 Å². The Morgan fingerprint density at radius 1 is 1.30 bits per heavy atom. The molecular weight excluding hydrogens is 279 g/mol. The zero-order valence-corrected chi connectivity index (χ0v) is 12.8. The first-order valence-electron chi connectivity index (χ1n) is 6.91. The first-order valence-corrected chi connectivity index (χ1v) is 8.56. The highest BCUT2D eigenvalue weighted by molar-refractivity contribution is 7.89. The van der Waals surface area contributed by atoms with E-state index in [1.165, 1.54) is 12.1 Å². The summed E-state index contributed by atoms with van der Waals surface area (Å²) in [7, 11) is -3.33. The smallest absolute Gasteiger partial charge is 0.212 e. The number of nitrogens with one attached hydrogen (secondary N) is 2. The molecular formula is C14H23FN2O2S. The minimum absolute atomic E-state index is 0.0953. The number of unbranched alkanes of at least 4 members (excludes halogenated alkanes) is 1. The summed E-state index contributed by atoms with van der Waals surface area (Å²) in [5.41, 5.74) is 0.626. The molecule has 0 aromatic heterocycles. The molecule has 0 saturated heterocycles. The molecule has 0 aliphatic carbocycles. The first-order chi connectivity index (χ1) is 9.44. The summed E-state index contributed by atoms with van der Waals surface area (Å²) in [6, 6.07) is 5.54. The summed E-state index contributed by atoms with van der Waals surface area (Å²) in [5.74, 6) is -0.267. The quantitative estimate of drug-likeness (QED) is 0.688. The maximum absolute atomic E-state index is 13.1. The fraction of sp³-hybridized carbons (Fsp3) is 0.571. The molecule has 114 valence electrons. The van der Waals surface area contributed by atoms with E-state index >= 15 is 0 Å². The fourth-order valence-electron chi connectivity index (χ4n) is 1.89. The fourth-order valence-corrected chi connectivity index (χ4v) is 3.27. The molecule has 6 heteroatoms. The molecule has 0 heterocycles. The molecule has 0 fully saturated rings. The lowest BCUT2D eigenvalue weighted by Gasteiger charge is -2.14. The number of sulfonamides is 1. The molecule has 1 unspecified atom stereocenters. The van der Waals surface area contributed by atoms with Crippen LogP contribution in [0.4, 0.5) is 4.39 Å². The molecule has 1 aromatic carbocycles. The lowest BCUT2D eigenvalue weighted by atomic mass is 10.1. The summed E-state index contributed by atoms with van der Waals surface area (Å²) < 4.78 is 39.5. The van der Waals surface area contributed by atoms with Gasteiger partial charge in [0.05, 0.1) is 5.75 Å². The maximum Gasteiger partial charge on any atom is 0.212 e. The van der Waals surface area contributed by atoms with Crippen LogP contribution in [-0.2, 0) is 10.0 Å². The third kappa shape index (κ3) is 6.45. The number of rotatable bonds is 9. The zero-order chi connectivity index (χ0) is 15.0. The van der Waals surface area contributed by atoms with Gasteiger partial charge in [0.15, 0.2) is 0 Å². The van der Waals surface area contributed by atoms with Crippen LogP contribution >= 0.6 is 0 Å². The SMILES string of the molecule is CCNCCCCS(=O)(=O)NC(C)c1cccc(F)c1. The Morgan fingerprint density at radius 3 is 2.70 bits per heavy atom. The average Bonchev–Trinajstić information content (AvgIpc) is 2.38. The predicted octanol–water partition coefficient (Wildman–Crippen LogP) is 2.20. The molecule has 0 bridgehead atoms. The number of hydrogen-bond acceptors (Lipinski definition) is 3. The average molecular weight is 302 g/mol. The molecule has 1 rings (SSSR count). The van der Waals surface area contributed by atoms with Gasteiger partial charge in [-0.2, -0.15) is 0 Å². The van der Waals surface area contributed by atoms with Crippen LogP contribution in [0.1, 0.15) is 38.3 Å². The minimum Gasteiger partial charge on any atom is -0.317 e. The van der Waals surface area contributed by atoms with Crippen LogP contribution in [0.15, 0.2) is 24.3 Å². The monoisotopic (exact) mass is 302 g/mol. The van der Waals surface area contributed by atoms with Crippen molar-refractivity contribution in [2.45, 2.75) is 32.7 Å². The highest BCUT2D eigenvalue weighted by Gasteiger charge is 2.15. The molecule has 0 saturated carbocycles. The van der Waals surface area contributed by atoms with Gasteiger partial charge in [-0.1, -0.05) is 19.1 Å². The van der Waals surface area contributed by atoms with E-state index in [4.69, 9.17) is 0 Å². The van der Waals surface area contributed by atoms with Crippen molar-refractivity contribution in [1.29, 1.82) is 0 Å². The highest BCUT2D eigenvalue weighted by atomic mass is 32.2. The molecule has 2 N–H and O–H groups in total. The molecule has 4 nitrogen and oxygen atoms in total. The summed E-state index contributed by atoms with van der Waals surface area (Å²) in [5, 5.41) is 3.15. The Bertz CT molecular complexity index is 506. The third-order valence-electron chi connectivity index (χ3n) is 2.97. The van der Waals surface area contributed by atoms with Gasteiger partial charge in [-0.25, -0.2) is 17.5 Å². The van der Waals surface area contributed by atoms with E-state index in [1.54, 1.807) is 19.1 Å². The third-order valence-corrected chi connectivity index (χ3v) is 4.51. The van der Waals surface area contributed by atoms with Gasteiger partial charge in [-0.05, 0) is 50.6 Å². The lowest BCUT2D eigenvalue weighted by molar-refractivity contribution is 0.559. The predicted molar refractivity (Wildman–Crippen MR) is 79.5 cm³/mol.